The number of pyridine rings is 1. The molecule has 0 bridgehead atoms. The number of anilines is 1. The van der Waals surface area contributed by atoms with Crippen molar-refractivity contribution in [1.29, 1.82) is 0 Å². The quantitative estimate of drug-likeness (QED) is 0.826. The van der Waals surface area contributed by atoms with Crippen LogP contribution >= 0.6 is 15.9 Å². The van der Waals surface area contributed by atoms with Crippen LogP contribution in [0.25, 0.3) is 0 Å². The van der Waals surface area contributed by atoms with Crippen LogP contribution in [0.2, 0.25) is 0 Å². The summed E-state index contributed by atoms with van der Waals surface area (Å²) < 4.78 is 1.04. The maximum atomic E-state index is 4.42. The molecule has 2 rings (SSSR count). The second-order valence-corrected chi connectivity index (χ2v) is 5.96. The molecule has 1 saturated carbocycles. The van der Waals surface area contributed by atoms with Gasteiger partial charge in [0.1, 0.15) is 5.82 Å². The van der Waals surface area contributed by atoms with Gasteiger partial charge in [0.05, 0.1) is 0 Å². The summed E-state index contributed by atoms with van der Waals surface area (Å²) >= 11 is 3.42. The molecule has 3 heteroatoms. The van der Waals surface area contributed by atoms with E-state index in [9.17, 15) is 0 Å². The highest BCUT2D eigenvalue weighted by atomic mass is 79.9. The summed E-state index contributed by atoms with van der Waals surface area (Å²) in [5, 5.41) is 0. The standard InChI is InChI=1S/C14H21BrN2/c1-17(14-8-7-13(15)11-16-14)10-9-12-5-3-2-4-6-12/h7-8,11-12H,2-6,9-10H2,1H3. The summed E-state index contributed by atoms with van der Waals surface area (Å²) in [4.78, 5) is 6.69. The molecule has 0 amide bonds. The molecule has 1 aromatic rings. The molecule has 1 fully saturated rings. The fourth-order valence-corrected chi connectivity index (χ4v) is 2.79. The summed E-state index contributed by atoms with van der Waals surface area (Å²) in [6, 6.07) is 4.13. The molecule has 17 heavy (non-hydrogen) atoms. The smallest absolute Gasteiger partial charge is 0.128 e. The van der Waals surface area contributed by atoms with Crippen LogP contribution < -0.4 is 4.90 Å². The van der Waals surface area contributed by atoms with Gasteiger partial charge in [0, 0.05) is 24.3 Å². The van der Waals surface area contributed by atoms with Gasteiger partial charge in [0.15, 0.2) is 0 Å². The number of halogens is 1. The molecule has 0 atom stereocenters. The van der Waals surface area contributed by atoms with E-state index in [1.54, 1.807) is 0 Å². The van der Waals surface area contributed by atoms with Crippen molar-refractivity contribution in [3.63, 3.8) is 0 Å². The SMILES string of the molecule is CN(CCC1CCCCC1)c1ccc(Br)cn1. The van der Waals surface area contributed by atoms with Gasteiger partial charge in [-0.2, -0.15) is 0 Å². The minimum atomic E-state index is 0.946. The van der Waals surface area contributed by atoms with Crippen LogP contribution in [0.5, 0.6) is 0 Å². The number of hydrogen-bond acceptors (Lipinski definition) is 2. The number of aromatic nitrogens is 1. The van der Waals surface area contributed by atoms with E-state index in [1.807, 2.05) is 6.20 Å². The van der Waals surface area contributed by atoms with Gasteiger partial charge in [-0.25, -0.2) is 4.98 Å². The zero-order chi connectivity index (χ0) is 12.1. The van der Waals surface area contributed by atoms with Crippen molar-refractivity contribution in [1.82, 2.24) is 4.98 Å². The average molecular weight is 297 g/mol. The summed E-state index contributed by atoms with van der Waals surface area (Å²) in [7, 11) is 2.14. The fourth-order valence-electron chi connectivity index (χ4n) is 2.56. The van der Waals surface area contributed by atoms with Crippen LogP contribution in [0.15, 0.2) is 22.8 Å². The maximum Gasteiger partial charge on any atom is 0.128 e. The lowest BCUT2D eigenvalue weighted by Gasteiger charge is -2.25. The molecular formula is C14H21BrN2. The molecule has 1 aromatic heterocycles. The first-order valence-electron chi connectivity index (χ1n) is 6.58. The third-order valence-electron chi connectivity index (χ3n) is 3.70. The Morgan fingerprint density at radius 2 is 2.06 bits per heavy atom. The molecule has 0 spiro atoms. The van der Waals surface area contributed by atoms with Crippen molar-refractivity contribution in [3.8, 4) is 0 Å². The van der Waals surface area contributed by atoms with Gasteiger partial charge in [-0.1, -0.05) is 32.1 Å². The van der Waals surface area contributed by atoms with E-state index in [0.717, 1.165) is 22.8 Å². The Hall–Kier alpha value is -0.570. The number of nitrogens with zero attached hydrogens (tertiary/aromatic N) is 2. The third kappa shape index (κ3) is 3.98. The zero-order valence-corrected chi connectivity index (χ0v) is 12.1. The van der Waals surface area contributed by atoms with Crippen LogP contribution in [0.1, 0.15) is 38.5 Å². The van der Waals surface area contributed by atoms with E-state index in [2.05, 4.69) is 45.0 Å². The van der Waals surface area contributed by atoms with Crippen LogP contribution in [0.4, 0.5) is 5.82 Å². The fraction of sp³-hybridized carbons (Fsp3) is 0.643. The Morgan fingerprint density at radius 1 is 1.29 bits per heavy atom. The van der Waals surface area contributed by atoms with E-state index in [-0.39, 0.29) is 0 Å². The first kappa shape index (κ1) is 12.9. The highest BCUT2D eigenvalue weighted by Crippen LogP contribution is 2.26. The first-order valence-corrected chi connectivity index (χ1v) is 7.37. The predicted octanol–water partition coefficient (Wildman–Crippen LogP) is 4.25. The predicted molar refractivity (Wildman–Crippen MR) is 76.4 cm³/mol. The van der Waals surface area contributed by atoms with Gasteiger partial charge >= 0.3 is 0 Å². The maximum absolute atomic E-state index is 4.42. The van der Waals surface area contributed by atoms with Crippen molar-refractivity contribution >= 4 is 21.7 Å². The van der Waals surface area contributed by atoms with E-state index in [1.165, 1.54) is 38.5 Å². The molecule has 1 aliphatic carbocycles. The second-order valence-electron chi connectivity index (χ2n) is 5.05. The Labute approximate surface area is 113 Å². The normalized spacial score (nSPS) is 17.1. The van der Waals surface area contributed by atoms with E-state index >= 15 is 0 Å². The number of hydrogen-bond donors (Lipinski definition) is 0. The summed E-state index contributed by atoms with van der Waals surface area (Å²) in [5.41, 5.74) is 0. The summed E-state index contributed by atoms with van der Waals surface area (Å²) in [6.07, 6.45) is 10.4. The molecule has 1 heterocycles. The molecule has 1 aliphatic rings. The Morgan fingerprint density at radius 3 is 2.71 bits per heavy atom. The Balaban J connectivity index is 1.80. The van der Waals surface area contributed by atoms with Gasteiger partial charge in [0.25, 0.3) is 0 Å². The van der Waals surface area contributed by atoms with Crippen LogP contribution in [0, 0.1) is 5.92 Å². The lowest BCUT2D eigenvalue weighted by atomic mass is 9.87. The lowest BCUT2D eigenvalue weighted by Crippen LogP contribution is -2.22. The van der Waals surface area contributed by atoms with Gasteiger partial charge in [-0.15, -0.1) is 0 Å². The molecule has 94 valence electrons. The van der Waals surface area contributed by atoms with Gasteiger partial charge in [-0.3, -0.25) is 0 Å². The lowest BCUT2D eigenvalue weighted by molar-refractivity contribution is 0.341. The average Bonchev–Trinajstić information content (AvgIpc) is 2.38. The third-order valence-corrected chi connectivity index (χ3v) is 4.17. The Kier molecular flexibility index (Phi) is 4.84. The highest BCUT2D eigenvalue weighted by Gasteiger charge is 2.14. The van der Waals surface area contributed by atoms with Crippen LogP contribution in [0.3, 0.4) is 0 Å². The first-order chi connectivity index (χ1) is 8.25. The minimum absolute atomic E-state index is 0.946. The van der Waals surface area contributed by atoms with E-state index in [0.29, 0.717) is 0 Å². The summed E-state index contributed by atoms with van der Waals surface area (Å²) in [5.74, 6) is 2.02. The molecule has 0 radical (unpaired) electrons. The van der Waals surface area contributed by atoms with Crippen molar-refractivity contribution in [2.24, 2.45) is 5.92 Å². The molecule has 2 nitrogen and oxygen atoms in total. The topological polar surface area (TPSA) is 16.1 Å². The van der Waals surface area contributed by atoms with Crippen molar-refractivity contribution < 1.29 is 0 Å². The van der Waals surface area contributed by atoms with E-state index in [4.69, 9.17) is 0 Å². The van der Waals surface area contributed by atoms with Crippen LogP contribution in [-0.4, -0.2) is 18.6 Å². The molecule has 0 unspecified atom stereocenters. The second kappa shape index (κ2) is 6.39. The Bertz CT molecular complexity index is 331. The minimum Gasteiger partial charge on any atom is -0.360 e. The molecular weight excluding hydrogens is 276 g/mol. The largest absolute Gasteiger partial charge is 0.360 e. The summed E-state index contributed by atoms with van der Waals surface area (Å²) in [6.45, 7) is 1.12. The monoisotopic (exact) mass is 296 g/mol. The van der Waals surface area contributed by atoms with Crippen molar-refractivity contribution in [2.45, 2.75) is 38.5 Å². The van der Waals surface area contributed by atoms with Gasteiger partial charge in [-0.05, 0) is 40.4 Å². The van der Waals surface area contributed by atoms with Gasteiger partial charge < -0.3 is 4.90 Å². The van der Waals surface area contributed by atoms with Crippen molar-refractivity contribution in [2.75, 3.05) is 18.5 Å². The van der Waals surface area contributed by atoms with Crippen molar-refractivity contribution in [3.05, 3.63) is 22.8 Å². The van der Waals surface area contributed by atoms with E-state index < -0.39 is 0 Å². The number of rotatable bonds is 4. The molecule has 0 aromatic carbocycles. The zero-order valence-electron chi connectivity index (χ0n) is 10.5. The van der Waals surface area contributed by atoms with Crippen LogP contribution in [-0.2, 0) is 0 Å². The highest BCUT2D eigenvalue weighted by molar-refractivity contribution is 9.10. The molecule has 0 N–H and O–H groups in total. The van der Waals surface area contributed by atoms with Gasteiger partial charge in [0.2, 0.25) is 0 Å². The molecule has 0 saturated heterocycles. The molecule has 0 aliphatic heterocycles.